The first kappa shape index (κ1) is 14.0. The van der Waals surface area contributed by atoms with E-state index in [1.54, 1.807) is 6.92 Å². The molecule has 106 valence electrons. The summed E-state index contributed by atoms with van der Waals surface area (Å²) < 4.78 is 36.8. The molecular weight excluding hydrogens is 268 g/mol. The molecule has 2 aromatic rings. The lowest BCUT2D eigenvalue weighted by Gasteiger charge is -2.08. The number of carbonyl (C=O) groups excluding carboxylic acids is 1. The van der Waals surface area contributed by atoms with Crippen molar-refractivity contribution in [2.45, 2.75) is 6.92 Å². The minimum Gasteiger partial charge on any atom is -0.491 e. The van der Waals surface area contributed by atoms with Gasteiger partial charge in [0.1, 0.15) is 17.2 Å². The van der Waals surface area contributed by atoms with Gasteiger partial charge in [-0.05, 0) is 19.1 Å². The summed E-state index contributed by atoms with van der Waals surface area (Å²) in [6, 6.07) is 3.18. The van der Waals surface area contributed by atoms with E-state index in [2.05, 4.69) is 9.72 Å². The lowest BCUT2D eigenvalue weighted by molar-refractivity contribution is 0.0597. The van der Waals surface area contributed by atoms with Crippen LogP contribution in [0.2, 0.25) is 0 Å². The van der Waals surface area contributed by atoms with Crippen molar-refractivity contribution in [2.75, 3.05) is 13.7 Å². The zero-order chi connectivity index (χ0) is 14.7. The molecule has 0 fully saturated rings. The van der Waals surface area contributed by atoms with Gasteiger partial charge in [-0.2, -0.15) is 0 Å². The first-order chi connectivity index (χ1) is 9.58. The van der Waals surface area contributed by atoms with Gasteiger partial charge in [-0.15, -0.1) is 0 Å². The number of halogens is 2. The van der Waals surface area contributed by atoms with Gasteiger partial charge >= 0.3 is 5.97 Å². The highest BCUT2D eigenvalue weighted by Gasteiger charge is 2.22. The summed E-state index contributed by atoms with van der Waals surface area (Å²) in [6.45, 7) is 2.02. The number of H-pyrrole nitrogens is 1. The molecular formula is C14H13F2NO3. The van der Waals surface area contributed by atoms with E-state index in [1.807, 2.05) is 0 Å². The van der Waals surface area contributed by atoms with Crippen molar-refractivity contribution in [1.29, 1.82) is 0 Å². The molecule has 20 heavy (non-hydrogen) atoms. The quantitative estimate of drug-likeness (QED) is 0.876. The second kappa shape index (κ2) is 5.73. The first-order valence-corrected chi connectivity index (χ1v) is 5.96. The Labute approximate surface area is 114 Å². The Kier molecular flexibility index (Phi) is 4.02. The smallest absolute Gasteiger partial charge is 0.343 e. The van der Waals surface area contributed by atoms with Gasteiger partial charge in [0.25, 0.3) is 0 Å². The minimum atomic E-state index is -0.746. The normalized spacial score (nSPS) is 10.4. The van der Waals surface area contributed by atoms with Gasteiger partial charge in [-0.1, -0.05) is 0 Å². The Hall–Kier alpha value is -2.37. The van der Waals surface area contributed by atoms with Crippen molar-refractivity contribution >= 4 is 5.97 Å². The minimum absolute atomic E-state index is 0.116. The van der Waals surface area contributed by atoms with Crippen LogP contribution in [0.15, 0.2) is 24.4 Å². The number of aromatic nitrogens is 1. The Morgan fingerprint density at radius 3 is 2.70 bits per heavy atom. The average molecular weight is 281 g/mol. The van der Waals surface area contributed by atoms with Crippen LogP contribution < -0.4 is 4.74 Å². The molecule has 1 heterocycles. The van der Waals surface area contributed by atoms with Crippen LogP contribution in [0.1, 0.15) is 17.3 Å². The summed E-state index contributed by atoms with van der Waals surface area (Å²) in [6.07, 6.45) is 1.37. The summed E-state index contributed by atoms with van der Waals surface area (Å²) in [7, 11) is 1.24. The van der Waals surface area contributed by atoms with Gasteiger partial charge in [-0.3, -0.25) is 0 Å². The third-order valence-electron chi connectivity index (χ3n) is 2.73. The van der Waals surface area contributed by atoms with Gasteiger partial charge in [0.2, 0.25) is 0 Å². The average Bonchev–Trinajstić information content (AvgIpc) is 2.82. The maximum absolute atomic E-state index is 13.8. The maximum atomic E-state index is 13.8. The molecule has 4 nitrogen and oxygen atoms in total. The molecule has 0 aliphatic heterocycles. The SMILES string of the molecule is CCOc1c(C(=O)OC)c[nH]c1-c1ccc(F)cc1F. The van der Waals surface area contributed by atoms with Crippen LogP contribution >= 0.6 is 0 Å². The number of aromatic amines is 1. The van der Waals surface area contributed by atoms with Crippen LogP contribution in [-0.4, -0.2) is 24.7 Å². The number of hydrogen-bond acceptors (Lipinski definition) is 3. The summed E-state index contributed by atoms with van der Waals surface area (Å²) in [5.41, 5.74) is 0.544. The fraction of sp³-hybridized carbons (Fsp3) is 0.214. The number of esters is 1. The van der Waals surface area contributed by atoms with Crippen LogP contribution in [-0.2, 0) is 4.74 Å². The second-order valence-electron chi connectivity index (χ2n) is 3.96. The molecule has 0 aliphatic rings. The van der Waals surface area contributed by atoms with Crippen LogP contribution in [0.3, 0.4) is 0 Å². The van der Waals surface area contributed by atoms with Crippen molar-refractivity contribution < 1.29 is 23.0 Å². The molecule has 0 radical (unpaired) electrons. The molecule has 0 saturated heterocycles. The number of nitrogens with one attached hydrogen (secondary N) is 1. The molecule has 6 heteroatoms. The predicted octanol–water partition coefficient (Wildman–Crippen LogP) is 3.15. The molecule has 0 atom stereocenters. The number of carbonyl (C=O) groups is 1. The lowest BCUT2D eigenvalue weighted by Crippen LogP contribution is -2.03. The lowest BCUT2D eigenvalue weighted by atomic mass is 10.1. The van der Waals surface area contributed by atoms with Gasteiger partial charge in [0.15, 0.2) is 5.75 Å². The predicted molar refractivity (Wildman–Crippen MR) is 68.7 cm³/mol. The van der Waals surface area contributed by atoms with Crippen LogP contribution in [0.25, 0.3) is 11.3 Å². The fourth-order valence-corrected chi connectivity index (χ4v) is 1.86. The van der Waals surface area contributed by atoms with Crippen molar-refractivity contribution in [3.05, 3.63) is 41.6 Å². The number of hydrogen-bond donors (Lipinski definition) is 1. The Morgan fingerprint density at radius 1 is 1.35 bits per heavy atom. The Balaban J connectivity index is 2.56. The van der Waals surface area contributed by atoms with Gasteiger partial charge in [-0.25, -0.2) is 13.6 Å². The van der Waals surface area contributed by atoms with E-state index in [-0.39, 0.29) is 29.2 Å². The van der Waals surface area contributed by atoms with E-state index in [0.717, 1.165) is 12.1 Å². The van der Waals surface area contributed by atoms with Gasteiger partial charge in [0, 0.05) is 17.8 Å². The number of methoxy groups -OCH3 is 1. The molecule has 1 N–H and O–H groups in total. The van der Waals surface area contributed by atoms with Gasteiger partial charge in [0.05, 0.1) is 19.4 Å². The monoisotopic (exact) mass is 281 g/mol. The largest absolute Gasteiger partial charge is 0.491 e. The molecule has 1 aromatic heterocycles. The summed E-state index contributed by atoms with van der Waals surface area (Å²) in [5, 5.41) is 0. The van der Waals surface area contributed by atoms with E-state index >= 15 is 0 Å². The molecule has 0 aliphatic carbocycles. The summed E-state index contributed by atoms with van der Waals surface area (Å²) in [5.74, 6) is -1.84. The highest BCUT2D eigenvalue weighted by Crippen LogP contribution is 2.34. The van der Waals surface area contributed by atoms with E-state index in [0.29, 0.717) is 0 Å². The fourth-order valence-electron chi connectivity index (χ4n) is 1.86. The van der Waals surface area contributed by atoms with Crippen LogP contribution in [0.4, 0.5) is 8.78 Å². The van der Waals surface area contributed by atoms with Crippen molar-refractivity contribution in [1.82, 2.24) is 4.98 Å². The zero-order valence-corrected chi connectivity index (χ0v) is 11.0. The molecule has 2 rings (SSSR count). The topological polar surface area (TPSA) is 51.3 Å². The summed E-state index contributed by atoms with van der Waals surface area (Å²) in [4.78, 5) is 14.4. The zero-order valence-electron chi connectivity index (χ0n) is 11.0. The van der Waals surface area contributed by atoms with Crippen molar-refractivity contribution in [2.24, 2.45) is 0 Å². The van der Waals surface area contributed by atoms with Gasteiger partial charge < -0.3 is 14.5 Å². The van der Waals surface area contributed by atoms with Crippen molar-refractivity contribution in [3.63, 3.8) is 0 Å². The Bertz CT molecular complexity index is 637. The first-order valence-electron chi connectivity index (χ1n) is 5.96. The molecule has 0 amide bonds. The maximum Gasteiger partial charge on any atom is 0.343 e. The third-order valence-corrected chi connectivity index (χ3v) is 2.73. The van der Waals surface area contributed by atoms with E-state index in [1.165, 1.54) is 19.4 Å². The highest BCUT2D eigenvalue weighted by molar-refractivity contribution is 5.95. The van der Waals surface area contributed by atoms with Crippen molar-refractivity contribution in [3.8, 4) is 17.0 Å². The molecule has 0 unspecified atom stereocenters. The van der Waals surface area contributed by atoms with E-state index in [9.17, 15) is 13.6 Å². The number of benzene rings is 1. The summed E-state index contributed by atoms with van der Waals surface area (Å²) >= 11 is 0. The highest BCUT2D eigenvalue weighted by atomic mass is 19.1. The van der Waals surface area contributed by atoms with E-state index in [4.69, 9.17) is 4.74 Å². The van der Waals surface area contributed by atoms with E-state index < -0.39 is 17.6 Å². The van der Waals surface area contributed by atoms with Crippen LogP contribution in [0, 0.1) is 11.6 Å². The molecule has 0 spiro atoms. The molecule has 1 aromatic carbocycles. The molecule has 0 bridgehead atoms. The Morgan fingerprint density at radius 2 is 2.10 bits per heavy atom. The number of ether oxygens (including phenoxy) is 2. The van der Waals surface area contributed by atoms with Crippen LogP contribution in [0.5, 0.6) is 5.75 Å². The molecule has 0 saturated carbocycles. The number of rotatable bonds is 4. The standard InChI is InChI=1S/C14H13F2NO3/c1-3-20-13-10(14(18)19-2)7-17-12(13)9-5-4-8(15)6-11(9)16/h4-7,17H,3H2,1-2H3. The second-order valence-corrected chi connectivity index (χ2v) is 3.96. The third kappa shape index (κ3) is 2.49.